The van der Waals surface area contributed by atoms with Gasteiger partial charge in [0, 0.05) is 45.0 Å². The predicted molar refractivity (Wildman–Crippen MR) is 117 cm³/mol. The summed E-state index contributed by atoms with van der Waals surface area (Å²) < 4.78 is 0. The molecule has 2 aliphatic heterocycles. The Kier molecular flexibility index (Phi) is 7.30. The van der Waals surface area contributed by atoms with Crippen LogP contribution in [0.2, 0.25) is 0 Å². The van der Waals surface area contributed by atoms with Crippen molar-refractivity contribution in [3.8, 4) is 0 Å². The fraction of sp³-hybridized carbons (Fsp3) is 0.652. The van der Waals surface area contributed by atoms with E-state index in [9.17, 15) is 9.59 Å². The molecule has 1 aromatic carbocycles. The second-order valence-corrected chi connectivity index (χ2v) is 9.04. The van der Waals surface area contributed by atoms with Gasteiger partial charge in [0.1, 0.15) is 0 Å². The van der Waals surface area contributed by atoms with Gasteiger partial charge in [-0.05, 0) is 43.7 Å². The summed E-state index contributed by atoms with van der Waals surface area (Å²) in [6.45, 7) is 14.0. The summed E-state index contributed by atoms with van der Waals surface area (Å²) in [6, 6.07) is 7.66. The van der Waals surface area contributed by atoms with E-state index in [1.165, 1.54) is 6.42 Å². The average molecular weight is 401 g/mol. The number of benzene rings is 1. The molecule has 2 heterocycles. The number of carbonyl (C=O) groups excluding carboxylic acids is 2. The maximum absolute atomic E-state index is 12.7. The molecule has 0 aliphatic carbocycles. The molecule has 2 amide bonds. The van der Waals surface area contributed by atoms with Gasteiger partial charge in [-0.2, -0.15) is 0 Å². The first-order chi connectivity index (χ1) is 13.8. The Morgan fingerprint density at radius 1 is 1.07 bits per heavy atom. The molecule has 29 heavy (non-hydrogen) atoms. The topological polar surface area (TPSA) is 55.9 Å². The highest BCUT2D eigenvalue weighted by Crippen LogP contribution is 2.21. The number of rotatable bonds is 5. The molecular weight excluding hydrogens is 364 g/mol. The highest BCUT2D eigenvalue weighted by molar-refractivity contribution is 5.95. The second kappa shape index (κ2) is 9.72. The molecule has 1 aromatic rings. The number of hydrogen-bond acceptors (Lipinski definition) is 4. The lowest BCUT2D eigenvalue weighted by molar-refractivity contribution is -0.136. The second-order valence-electron chi connectivity index (χ2n) is 9.04. The summed E-state index contributed by atoms with van der Waals surface area (Å²) in [6.07, 6.45) is 1.21. The van der Waals surface area contributed by atoms with Crippen LogP contribution < -0.4 is 5.32 Å². The van der Waals surface area contributed by atoms with Gasteiger partial charge in [0.2, 0.25) is 11.8 Å². The Hall–Kier alpha value is -1.92. The zero-order valence-electron chi connectivity index (χ0n) is 18.4. The van der Waals surface area contributed by atoms with Gasteiger partial charge in [0.05, 0.1) is 12.6 Å². The third-order valence-electron chi connectivity index (χ3n) is 6.32. The number of piperazine rings is 1. The van der Waals surface area contributed by atoms with E-state index >= 15 is 0 Å². The monoisotopic (exact) mass is 400 g/mol. The maximum Gasteiger partial charge on any atom is 0.241 e. The molecule has 160 valence electrons. The Morgan fingerprint density at radius 3 is 2.31 bits per heavy atom. The van der Waals surface area contributed by atoms with Gasteiger partial charge < -0.3 is 10.2 Å². The summed E-state index contributed by atoms with van der Waals surface area (Å²) >= 11 is 0. The molecule has 3 atom stereocenters. The summed E-state index contributed by atoms with van der Waals surface area (Å²) in [5, 5.41) is 3.05. The average Bonchev–Trinajstić information content (AvgIpc) is 2.69. The number of nitrogens with one attached hydrogen (secondary N) is 1. The number of carbonyl (C=O) groups is 2. The van der Waals surface area contributed by atoms with Crippen molar-refractivity contribution in [2.24, 2.45) is 11.8 Å². The van der Waals surface area contributed by atoms with Gasteiger partial charge in [-0.1, -0.05) is 32.0 Å². The van der Waals surface area contributed by atoms with Crippen molar-refractivity contribution < 1.29 is 9.59 Å². The molecule has 1 N–H and O–H groups in total. The summed E-state index contributed by atoms with van der Waals surface area (Å²) in [5.41, 5.74) is 1.94. The fourth-order valence-corrected chi connectivity index (χ4v) is 4.58. The van der Waals surface area contributed by atoms with E-state index in [0.29, 0.717) is 18.4 Å². The molecule has 0 saturated carbocycles. The van der Waals surface area contributed by atoms with Crippen molar-refractivity contribution in [1.29, 1.82) is 0 Å². The van der Waals surface area contributed by atoms with E-state index in [1.54, 1.807) is 0 Å². The van der Waals surface area contributed by atoms with Gasteiger partial charge in [0.15, 0.2) is 0 Å². The van der Waals surface area contributed by atoms with Gasteiger partial charge in [-0.15, -0.1) is 0 Å². The molecule has 0 unspecified atom stereocenters. The summed E-state index contributed by atoms with van der Waals surface area (Å²) in [5.74, 6) is 1.46. The van der Waals surface area contributed by atoms with E-state index in [1.807, 2.05) is 43.0 Å². The SMILES string of the molecule is Cc1ccccc1NC(=O)[C@H](C)N1CCN(CC(=O)N2C[C@H](C)C[C@@H](C)C2)CC1. The van der Waals surface area contributed by atoms with Gasteiger partial charge >= 0.3 is 0 Å². The first kappa shape index (κ1) is 21.8. The van der Waals surface area contributed by atoms with Crippen LogP contribution in [-0.4, -0.2) is 78.4 Å². The van der Waals surface area contributed by atoms with E-state index < -0.39 is 0 Å². The Balaban J connectivity index is 1.45. The number of nitrogens with zero attached hydrogens (tertiary/aromatic N) is 3. The number of amides is 2. The maximum atomic E-state index is 12.7. The van der Waals surface area contributed by atoms with E-state index in [2.05, 4.69) is 29.0 Å². The van der Waals surface area contributed by atoms with Crippen LogP contribution >= 0.6 is 0 Å². The van der Waals surface area contributed by atoms with Crippen molar-refractivity contribution in [3.63, 3.8) is 0 Å². The fourth-order valence-electron chi connectivity index (χ4n) is 4.58. The number of para-hydroxylation sites is 1. The lowest BCUT2D eigenvalue weighted by atomic mass is 9.92. The summed E-state index contributed by atoms with van der Waals surface area (Å²) in [7, 11) is 0. The first-order valence-corrected chi connectivity index (χ1v) is 10.9. The minimum Gasteiger partial charge on any atom is -0.341 e. The van der Waals surface area contributed by atoms with Crippen LogP contribution in [0.1, 0.15) is 32.8 Å². The van der Waals surface area contributed by atoms with Crippen LogP contribution in [0.5, 0.6) is 0 Å². The standard InChI is InChI=1S/C23H36N4O2/c1-17-13-18(2)15-27(14-17)22(28)16-25-9-11-26(12-10-25)20(4)23(29)24-21-8-6-5-7-19(21)3/h5-8,17-18,20H,9-16H2,1-4H3,(H,24,29)/t17-,18-,20+/m1/s1. The molecule has 0 aromatic heterocycles. The molecule has 0 bridgehead atoms. The molecule has 2 saturated heterocycles. The van der Waals surface area contributed by atoms with Gasteiger partial charge in [0.25, 0.3) is 0 Å². The van der Waals surface area contributed by atoms with Crippen LogP contribution in [0.15, 0.2) is 24.3 Å². The zero-order valence-corrected chi connectivity index (χ0v) is 18.4. The van der Waals surface area contributed by atoms with E-state index in [0.717, 1.165) is 50.5 Å². The highest BCUT2D eigenvalue weighted by atomic mass is 16.2. The van der Waals surface area contributed by atoms with Gasteiger partial charge in [-0.3, -0.25) is 19.4 Å². The van der Waals surface area contributed by atoms with Crippen molar-refractivity contribution in [2.75, 3.05) is 51.1 Å². The quantitative estimate of drug-likeness (QED) is 0.825. The normalized spacial score (nSPS) is 24.9. The Morgan fingerprint density at radius 2 is 1.69 bits per heavy atom. The molecule has 2 aliphatic rings. The van der Waals surface area contributed by atoms with Crippen molar-refractivity contribution in [1.82, 2.24) is 14.7 Å². The van der Waals surface area contributed by atoms with Crippen LogP contribution in [-0.2, 0) is 9.59 Å². The minimum atomic E-state index is -0.184. The smallest absolute Gasteiger partial charge is 0.241 e. The number of likely N-dealkylation sites (tertiary alicyclic amines) is 1. The van der Waals surface area contributed by atoms with Crippen LogP contribution in [0.3, 0.4) is 0 Å². The van der Waals surface area contributed by atoms with Gasteiger partial charge in [-0.25, -0.2) is 0 Å². The number of anilines is 1. The lowest BCUT2D eigenvalue weighted by Crippen LogP contribution is -2.55. The molecule has 6 heteroatoms. The number of aryl methyl sites for hydroxylation is 1. The lowest BCUT2D eigenvalue weighted by Gasteiger charge is -2.39. The van der Waals surface area contributed by atoms with E-state index in [4.69, 9.17) is 0 Å². The molecule has 0 radical (unpaired) electrons. The van der Waals surface area contributed by atoms with Crippen LogP contribution in [0.25, 0.3) is 0 Å². The Labute approximate surface area is 175 Å². The third-order valence-corrected chi connectivity index (χ3v) is 6.32. The molecule has 2 fully saturated rings. The third kappa shape index (κ3) is 5.80. The highest BCUT2D eigenvalue weighted by Gasteiger charge is 2.29. The Bertz CT molecular complexity index is 705. The molecular formula is C23H36N4O2. The van der Waals surface area contributed by atoms with Crippen molar-refractivity contribution in [2.45, 2.75) is 40.2 Å². The first-order valence-electron chi connectivity index (χ1n) is 10.9. The largest absolute Gasteiger partial charge is 0.341 e. The molecule has 0 spiro atoms. The minimum absolute atomic E-state index is 0.0279. The number of hydrogen-bond donors (Lipinski definition) is 1. The summed E-state index contributed by atoms with van der Waals surface area (Å²) in [4.78, 5) is 31.9. The molecule has 6 nitrogen and oxygen atoms in total. The van der Waals surface area contributed by atoms with Crippen LogP contribution in [0, 0.1) is 18.8 Å². The number of piperidine rings is 1. The molecule has 3 rings (SSSR count). The zero-order chi connectivity index (χ0) is 21.0. The van der Waals surface area contributed by atoms with Crippen LogP contribution in [0.4, 0.5) is 5.69 Å². The van der Waals surface area contributed by atoms with E-state index in [-0.39, 0.29) is 17.9 Å². The van der Waals surface area contributed by atoms with Crippen molar-refractivity contribution in [3.05, 3.63) is 29.8 Å². The van der Waals surface area contributed by atoms with Crippen molar-refractivity contribution >= 4 is 17.5 Å². The predicted octanol–water partition coefficient (Wildman–Crippen LogP) is 2.44.